The number of thioether (sulfide) groups is 1. The van der Waals surface area contributed by atoms with Crippen molar-refractivity contribution in [2.45, 2.75) is 22.7 Å². The number of rotatable bonds is 8. The Bertz CT molecular complexity index is 1410. The monoisotopic (exact) mass is 512 g/mol. The van der Waals surface area contributed by atoms with E-state index in [-0.39, 0.29) is 28.1 Å². The van der Waals surface area contributed by atoms with Gasteiger partial charge in [0.2, 0.25) is 5.91 Å². The number of nitrogens with one attached hydrogen (secondary N) is 1. The standard InChI is InChI=1S/C24H21ClN4O3S2/c1-17-12-13-18(25)14-21(17)26-23(30)15-33-24-28-27-22(29(24)19-8-4-2-5-9-19)16-34(31,32)20-10-6-3-7-11-20/h2-14H,15-16H2,1H3,(H,26,30). The molecular formula is C24H21ClN4O3S2. The summed E-state index contributed by atoms with van der Waals surface area (Å²) >= 11 is 7.21. The van der Waals surface area contributed by atoms with Crippen LogP contribution in [0.5, 0.6) is 0 Å². The summed E-state index contributed by atoms with van der Waals surface area (Å²) in [6.07, 6.45) is 0. The quantitative estimate of drug-likeness (QED) is 0.336. The van der Waals surface area contributed by atoms with Crippen LogP contribution in [0.3, 0.4) is 0 Å². The highest BCUT2D eigenvalue weighted by molar-refractivity contribution is 7.99. The van der Waals surface area contributed by atoms with Crippen LogP contribution in [0.15, 0.2) is 88.9 Å². The Hall–Kier alpha value is -3.14. The highest BCUT2D eigenvalue weighted by Crippen LogP contribution is 2.26. The molecule has 4 rings (SSSR count). The first kappa shape index (κ1) is 24.0. The molecule has 1 heterocycles. The molecule has 0 radical (unpaired) electrons. The van der Waals surface area contributed by atoms with Crippen LogP contribution in [0, 0.1) is 6.92 Å². The fourth-order valence-corrected chi connectivity index (χ4v) is 5.46. The molecule has 0 aliphatic carbocycles. The SMILES string of the molecule is Cc1ccc(Cl)cc1NC(=O)CSc1nnc(CS(=O)(=O)c2ccccc2)n1-c1ccccc1. The van der Waals surface area contributed by atoms with Gasteiger partial charge in [-0.2, -0.15) is 0 Å². The average molecular weight is 513 g/mol. The molecule has 34 heavy (non-hydrogen) atoms. The Morgan fingerprint density at radius 1 is 1.00 bits per heavy atom. The van der Waals surface area contributed by atoms with Crippen molar-refractivity contribution in [3.8, 4) is 5.69 Å². The maximum Gasteiger partial charge on any atom is 0.234 e. The minimum Gasteiger partial charge on any atom is -0.325 e. The number of hydrogen-bond acceptors (Lipinski definition) is 6. The second kappa shape index (κ2) is 10.4. The number of amides is 1. The maximum absolute atomic E-state index is 13.0. The number of carbonyl (C=O) groups excluding carboxylic acids is 1. The molecule has 0 fully saturated rings. The largest absolute Gasteiger partial charge is 0.325 e. The minimum absolute atomic E-state index is 0.0579. The van der Waals surface area contributed by atoms with Gasteiger partial charge in [-0.3, -0.25) is 9.36 Å². The molecule has 0 unspecified atom stereocenters. The number of benzene rings is 3. The molecule has 4 aromatic rings. The van der Waals surface area contributed by atoms with Gasteiger partial charge in [0, 0.05) is 16.4 Å². The Kier molecular flexibility index (Phi) is 7.35. The Balaban J connectivity index is 1.58. The van der Waals surface area contributed by atoms with Crippen LogP contribution in [0.2, 0.25) is 5.02 Å². The number of carbonyl (C=O) groups is 1. The number of sulfone groups is 1. The predicted octanol–water partition coefficient (Wildman–Crippen LogP) is 4.93. The van der Waals surface area contributed by atoms with Crippen molar-refractivity contribution in [2.75, 3.05) is 11.1 Å². The predicted molar refractivity (Wildman–Crippen MR) is 134 cm³/mol. The molecule has 0 aliphatic heterocycles. The summed E-state index contributed by atoms with van der Waals surface area (Å²) in [6, 6.07) is 22.7. The van der Waals surface area contributed by atoms with E-state index in [0.29, 0.717) is 21.6 Å². The lowest BCUT2D eigenvalue weighted by Crippen LogP contribution is -2.15. The molecule has 0 saturated carbocycles. The number of para-hydroxylation sites is 1. The van der Waals surface area contributed by atoms with Crippen molar-refractivity contribution in [3.63, 3.8) is 0 Å². The van der Waals surface area contributed by atoms with Gasteiger partial charge in [0.25, 0.3) is 0 Å². The zero-order valence-electron chi connectivity index (χ0n) is 18.2. The summed E-state index contributed by atoms with van der Waals surface area (Å²) in [4.78, 5) is 12.8. The van der Waals surface area contributed by atoms with E-state index >= 15 is 0 Å². The van der Waals surface area contributed by atoms with Crippen LogP contribution >= 0.6 is 23.4 Å². The second-order valence-electron chi connectivity index (χ2n) is 7.44. The first-order valence-corrected chi connectivity index (χ1v) is 13.3. The maximum atomic E-state index is 13.0. The highest BCUT2D eigenvalue weighted by Gasteiger charge is 2.23. The van der Waals surface area contributed by atoms with E-state index in [1.807, 2.05) is 43.3 Å². The van der Waals surface area contributed by atoms with E-state index in [9.17, 15) is 13.2 Å². The smallest absolute Gasteiger partial charge is 0.234 e. The van der Waals surface area contributed by atoms with Crippen molar-refractivity contribution in [1.82, 2.24) is 14.8 Å². The zero-order chi connectivity index (χ0) is 24.1. The molecule has 0 spiro atoms. The molecule has 174 valence electrons. The second-order valence-corrected chi connectivity index (χ2v) is 10.8. The zero-order valence-corrected chi connectivity index (χ0v) is 20.6. The number of aromatic nitrogens is 3. The van der Waals surface area contributed by atoms with Crippen LogP contribution in [0.4, 0.5) is 5.69 Å². The topological polar surface area (TPSA) is 94.0 Å². The average Bonchev–Trinajstić information content (AvgIpc) is 3.23. The fraction of sp³-hybridized carbons (Fsp3) is 0.125. The van der Waals surface area contributed by atoms with Crippen LogP contribution in [0.1, 0.15) is 11.4 Å². The van der Waals surface area contributed by atoms with Gasteiger partial charge in [0.05, 0.1) is 10.6 Å². The fourth-order valence-electron chi connectivity index (χ4n) is 3.25. The van der Waals surface area contributed by atoms with Crippen LogP contribution in [-0.4, -0.2) is 34.8 Å². The van der Waals surface area contributed by atoms with E-state index in [1.54, 1.807) is 47.0 Å². The number of anilines is 1. The van der Waals surface area contributed by atoms with Crippen molar-refractivity contribution < 1.29 is 13.2 Å². The van der Waals surface area contributed by atoms with Gasteiger partial charge < -0.3 is 5.32 Å². The summed E-state index contributed by atoms with van der Waals surface area (Å²) in [6.45, 7) is 1.88. The summed E-state index contributed by atoms with van der Waals surface area (Å²) in [5, 5.41) is 12.1. The van der Waals surface area contributed by atoms with Gasteiger partial charge in [0.1, 0.15) is 5.75 Å². The van der Waals surface area contributed by atoms with Crippen molar-refractivity contribution in [3.05, 3.63) is 95.3 Å². The molecule has 7 nitrogen and oxygen atoms in total. The van der Waals surface area contributed by atoms with Crippen LogP contribution < -0.4 is 5.32 Å². The Labute approximate surface area is 207 Å². The summed E-state index contributed by atoms with van der Waals surface area (Å²) < 4.78 is 27.6. The van der Waals surface area contributed by atoms with Crippen molar-refractivity contribution >= 4 is 44.8 Å². The molecule has 1 aromatic heterocycles. The number of nitrogens with zero attached hydrogens (tertiary/aromatic N) is 3. The molecule has 1 N–H and O–H groups in total. The lowest BCUT2D eigenvalue weighted by atomic mass is 10.2. The molecule has 3 aromatic carbocycles. The van der Waals surface area contributed by atoms with Crippen LogP contribution in [-0.2, 0) is 20.4 Å². The molecule has 0 aliphatic rings. The van der Waals surface area contributed by atoms with Crippen molar-refractivity contribution in [1.29, 1.82) is 0 Å². The molecule has 0 atom stereocenters. The summed E-state index contributed by atoms with van der Waals surface area (Å²) in [5.74, 6) is -0.240. The molecule has 0 saturated heterocycles. The van der Waals surface area contributed by atoms with Gasteiger partial charge in [-0.1, -0.05) is 65.8 Å². The lowest BCUT2D eigenvalue weighted by molar-refractivity contribution is -0.113. The van der Waals surface area contributed by atoms with Gasteiger partial charge in [0.15, 0.2) is 20.8 Å². The minimum atomic E-state index is -3.64. The van der Waals surface area contributed by atoms with Gasteiger partial charge >= 0.3 is 0 Å². The normalized spacial score (nSPS) is 11.4. The first-order valence-electron chi connectivity index (χ1n) is 10.3. The van der Waals surface area contributed by atoms with E-state index in [2.05, 4.69) is 15.5 Å². The molecule has 1 amide bonds. The van der Waals surface area contributed by atoms with E-state index < -0.39 is 9.84 Å². The Morgan fingerprint density at radius 2 is 1.68 bits per heavy atom. The molecular weight excluding hydrogens is 492 g/mol. The molecule has 0 bridgehead atoms. The third-order valence-electron chi connectivity index (χ3n) is 4.94. The summed E-state index contributed by atoms with van der Waals surface area (Å²) in [7, 11) is -3.64. The first-order chi connectivity index (χ1) is 16.3. The number of hydrogen-bond donors (Lipinski definition) is 1. The summed E-state index contributed by atoms with van der Waals surface area (Å²) in [5.41, 5.74) is 2.24. The van der Waals surface area contributed by atoms with E-state index in [1.165, 1.54) is 11.8 Å². The third-order valence-corrected chi connectivity index (χ3v) is 7.73. The molecule has 10 heteroatoms. The number of halogens is 1. The van der Waals surface area contributed by atoms with Gasteiger partial charge in [-0.15, -0.1) is 10.2 Å². The highest BCUT2D eigenvalue weighted by atomic mass is 35.5. The third kappa shape index (κ3) is 5.67. The van der Waals surface area contributed by atoms with Crippen LogP contribution in [0.25, 0.3) is 5.69 Å². The Morgan fingerprint density at radius 3 is 2.38 bits per heavy atom. The van der Waals surface area contributed by atoms with Gasteiger partial charge in [-0.05, 0) is 48.9 Å². The van der Waals surface area contributed by atoms with E-state index in [0.717, 1.165) is 5.56 Å². The van der Waals surface area contributed by atoms with E-state index in [4.69, 9.17) is 11.6 Å². The number of aryl methyl sites for hydroxylation is 1. The lowest BCUT2D eigenvalue weighted by Gasteiger charge is -2.11. The van der Waals surface area contributed by atoms with Gasteiger partial charge in [-0.25, -0.2) is 8.42 Å². The van der Waals surface area contributed by atoms with Crippen molar-refractivity contribution in [2.24, 2.45) is 0 Å².